The van der Waals surface area contributed by atoms with Gasteiger partial charge in [0.15, 0.2) is 10.8 Å². The van der Waals surface area contributed by atoms with Crippen LogP contribution in [0.25, 0.3) is 0 Å². The number of amides is 1. The van der Waals surface area contributed by atoms with E-state index in [0.717, 1.165) is 0 Å². The first-order valence-electron chi connectivity index (χ1n) is 4.49. The van der Waals surface area contributed by atoms with Crippen LogP contribution in [0.3, 0.4) is 0 Å². The molecular weight excluding hydrogens is 216 g/mol. The van der Waals surface area contributed by atoms with Crippen LogP contribution in [0.5, 0.6) is 0 Å². The maximum atomic E-state index is 11.8. The summed E-state index contributed by atoms with van der Waals surface area (Å²) in [6.45, 7) is 0.637. The van der Waals surface area contributed by atoms with Crippen molar-refractivity contribution in [1.29, 1.82) is 0 Å². The second-order valence-corrected chi connectivity index (χ2v) is 3.01. The van der Waals surface area contributed by atoms with Crippen LogP contribution in [0.2, 0.25) is 0 Å². The van der Waals surface area contributed by atoms with E-state index in [1.54, 1.807) is 6.07 Å². The van der Waals surface area contributed by atoms with Crippen molar-refractivity contribution in [2.24, 2.45) is 4.99 Å². The summed E-state index contributed by atoms with van der Waals surface area (Å²) in [6.07, 6.45) is 1.36. The highest BCUT2D eigenvalue weighted by atomic mass is 16.7. The highest BCUT2D eigenvalue weighted by Crippen LogP contribution is 2.09. The van der Waals surface area contributed by atoms with Gasteiger partial charge in [-0.25, -0.2) is 15.1 Å². The maximum absolute atomic E-state index is 11.8. The number of carbonyl (C=O) groups excluding carboxylic acids is 1. The largest absolute Gasteiger partial charge is 0.459 e. The molecule has 84 valence electrons. The molecule has 8 nitrogen and oxygen atoms in total. The van der Waals surface area contributed by atoms with Crippen molar-refractivity contribution >= 4 is 11.9 Å². The molecule has 0 aliphatic carbocycles. The number of furan rings is 1. The predicted octanol–water partition coefficient (Wildman–Crippen LogP) is -0.127. The van der Waals surface area contributed by atoms with Crippen LogP contribution in [0, 0.1) is 10.1 Å². The zero-order chi connectivity index (χ0) is 11.5. The van der Waals surface area contributed by atoms with Gasteiger partial charge in [-0.05, 0) is 12.1 Å². The minimum atomic E-state index is -0.757. The van der Waals surface area contributed by atoms with E-state index in [1.807, 2.05) is 5.43 Å². The minimum Gasteiger partial charge on any atom is -0.459 e. The van der Waals surface area contributed by atoms with E-state index < -0.39 is 10.9 Å². The molecular formula is C8H8N4O4. The van der Waals surface area contributed by atoms with Gasteiger partial charge in [0, 0.05) is 6.54 Å². The quantitative estimate of drug-likeness (QED) is 0.557. The number of hydrazine groups is 1. The van der Waals surface area contributed by atoms with Crippen molar-refractivity contribution in [3.05, 3.63) is 34.3 Å². The maximum Gasteiger partial charge on any atom is 0.296 e. The zero-order valence-corrected chi connectivity index (χ0v) is 8.12. The Labute approximate surface area is 89.7 Å². The number of nitrogens with zero attached hydrogens (tertiary/aromatic N) is 3. The van der Waals surface area contributed by atoms with Crippen molar-refractivity contribution in [2.75, 3.05) is 13.1 Å². The van der Waals surface area contributed by atoms with Crippen molar-refractivity contribution in [2.45, 2.75) is 0 Å². The molecule has 2 heterocycles. The van der Waals surface area contributed by atoms with Gasteiger partial charge in [0.2, 0.25) is 0 Å². The lowest BCUT2D eigenvalue weighted by Gasteiger charge is -2.13. The summed E-state index contributed by atoms with van der Waals surface area (Å²) in [5, 5.41) is 9.50. The summed E-state index contributed by atoms with van der Waals surface area (Å²) < 4.78 is 4.92. The molecule has 0 saturated heterocycles. The van der Waals surface area contributed by atoms with Gasteiger partial charge in [-0.1, -0.05) is 5.43 Å². The van der Waals surface area contributed by atoms with Gasteiger partial charge in [-0.3, -0.25) is 9.69 Å². The van der Waals surface area contributed by atoms with E-state index in [0.29, 0.717) is 13.1 Å². The fourth-order valence-corrected chi connectivity index (χ4v) is 1.36. The Balaban J connectivity index is 2.13. The lowest BCUT2D eigenvalue weighted by Crippen LogP contribution is -2.44. The van der Waals surface area contributed by atoms with Crippen LogP contribution in [0.4, 0.5) is 0 Å². The van der Waals surface area contributed by atoms with Crippen LogP contribution in [-0.2, 0) is 0 Å². The van der Waals surface area contributed by atoms with Crippen molar-refractivity contribution in [3.8, 4) is 0 Å². The zero-order valence-electron chi connectivity index (χ0n) is 8.12. The molecule has 1 aromatic heterocycles. The molecule has 0 unspecified atom stereocenters. The van der Waals surface area contributed by atoms with E-state index in [-0.39, 0.29) is 11.7 Å². The molecule has 0 radical (unpaired) electrons. The molecule has 1 N–H and O–H groups in total. The van der Waals surface area contributed by atoms with Gasteiger partial charge in [0.05, 0.1) is 12.8 Å². The molecule has 0 bridgehead atoms. The Morgan fingerprint density at radius 2 is 2.50 bits per heavy atom. The molecule has 0 aromatic carbocycles. The summed E-state index contributed by atoms with van der Waals surface area (Å²) in [4.78, 5) is 27.0. The van der Waals surface area contributed by atoms with Crippen LogP contribution < -0.4 is 5.43 Å². The monoisotopic (exact) mass is 224 g/mol. The number of nitrogens with one attached hydrogen (secondary N) is 1. The van der Waals surface area contributed by atoms with Crippen LogP contribution in [-0.4, -0.2) is 34.9 Å². The van der Waals surface area contributed by atoms with Gasteiger partial charge in [-0.15, -0.1) is 0 Å². The number of guanidine groups is 1. The fourth-order valence-electron chi connectivity index (χ4n) is 1.36. The third-order valence-corrected chi connectivity index (χ3v) is 2.01. The van der Waals surface area contributed by atoms with E-state index in [2.05, 4.69) is 4.99 Å². The second kappa shape index (κ2) is 4.01. The smallest absolute Gasteiger partial charge is 0.296 e. The molecule has 1 aliphatic heterocycles. The molecule has 0 spiro atoms. The lowest BCUT2D eigenvalue weighted by molar-refractivity contribution is -0.526. The van der Waals surface area contributed by atoms with Crippen molar-refractivity contribution in [3.63, 3.8) is 0 Å². The molecule has 8 heteroatoms. The Kier molecular flexibility index (Phi) is 2.54. The molecule has 1 aliphatic rings. The average molecular weight is 224 g/mol. The topological polar surface area (TPSA) is 101 Å². The second-order valence-electron chi connectivity index (χ2n) is 3.01. The van der Waals surface area contributed by atoms with Crippen LogP contribution in [0.1, 0.15) is 10.6 Å². The van der Waals surface area contributed by atoms with E-state index in [9.17, 15) is 14.9 Å². The Bertz CT molecular complexity index is 439. The van der Waals surface area contributed by atoms with Gasteiger partial charge in [-0.2, -0.15) is 0 Å². The van der Waals surface area contributed by atoms with Gasteiger partial charge >= 0.3 is 0 Å². The number of carbonyl (C=O) groups is 1. The number of hydrogen-bond acceptors (Lipinski definition) is 5. The standard InChI is InChI=1S/C8H8N4O4/c13-7(6-2-1-5-16-6)11-4-3-9-8(11)10-12(14)15/h1-2,5H,3-4H2,(H,9,10). The highest BCUT2D eigenvalue weighted by molar-refractivity contribution is 6.04. The normalized spacial score (nSPS) is 14.8. The van der Waals surface area contributed by atoms with Crippen LogP contribution >= 0.6 is 0 Å². The van der Waals surface area contributed by atoms with E-state index in [1.165, 1.54) is 17.2 Å². The Morgan fingerprint density at radius 3 is 3.12 bits per heavy atom. The number of rotatable bonds is 2. The SMILES string of the molecule is O=C(c1ccco1)N1CCN=C1N[N+](=O)[O-]. The van der Waals surface area contributed by atoms with E-state index >= 15 is 0 Å². The first kappa shape index (κ1) is 10.1. The van der Waals surface area contributed by atoms with Crippen molar-refractivity contribution < 1.29 is 14.2 Å². The molecule has 16 heavy (non-hydrogen) atoms. The third-order valence-electron chi connectivity index (χ3n) is 2.01. The van der Waals surface area contributed by atoms with Crippen molar-refractivity contribution in [1.82, 2.24) is 10.3 Å². The molecule has 0 fully saturated rings. The summed E-state index contributed by atoms with van der Waals surface area (Å²) in [5.41, 5.74) is 1.87. The molecule has 2 rings (SSSR count). The minimum absolute atomic E-state index is 0.0635. The predicted molar refractivity (Wildman–Crippen MR) is 52.2 cm³/mol. The molecule has 0 saturated carbocycles. The fraction of sp³-hybridized carbons (Fsp3) is 0.250. The van der Waals surface area contributed by atoms with Crippen LogP contribution in [0.15, 0.2) is 27.8 Å². The van der Waals surface area contributed by atoms with E-state index in [4.69, 9.17) is 4.42 Å². The number of hydrogen-bond donors (Lipinski definition) is 1. The van der Waals surface area contributed by atoms with Gasteiger partial charge in [0.1, 0.15) is 0 Å². The average Bonchev–Trinajstić information content (AvgIpc) is 2.84. The van der Waals surface area contributed by atoms with Gasteiger partial charge < -0.3 is 4.42 Å². The summed E-state index contributed by atoms with van der Waals surface area (Å²) >= 11 is 0. The highest BCUT2D eigenvalue weighted by Gasteiger charge is 2.28. The lowest BCUT2D eigenvalue weighted by atomic mass is 10.4. The number of aliphatic imine (C=N–C) groups is 1. The first-order valence-corrected chi connectivity index (χ1v) is 4.49. The number of nitro groups is 1. The summed E-state index contributed by atoms with van der Waals surface area (Å²) in [6, 6.07) is 3.06. The Hall–Kier alpha value is -2.38. The Morgan fingerprint density at radius 1 is 1.69 bits per heavy atom. The third kappa shape index (κ3) is 1.85. The molecule has 1 amide bonds. The summed E-state index contributed by atoms with van der Waals surface area (Å²) in [7, 11) is 0. The van der Waals surface area contributed by atoms with Gasteiger partial charge in [0.25, 0.3) is 11.9 Å². The molecule has 0 atom stereocenters. The molecule has 1 aromatic rings. The summed E-state index contributed by atoms with van der Waals surface area (Å²) in [5.74, 6) is -0.387. The first-order chi connectivity index (χ1) is 7.68.